The van der Waals surface area contributed by atoms with Gasteiger partial charge in [-0.05, 0) is 110 Å². The number of benzene rings is 3. The molecule has 3 aromatic rings. The van der Waals surface area contributed by atoms with Crippen molar-refractivity contribution in [1.82, 2.24) is 10.6 Å². The highest BCUT2D eigenvalue weighted by molar-refractivity contribution is 8.76. The van der Waals surface area contributed by atoms with Crippen molar-refractivity contribution >= 4 is 33.3 Å². The van der Waals surface area contributed by atoms with Crippen molar-refractivity contribution in [3.63, 3.8) is 0 Å². The van der Waals surface area contributed by atoms with Crippen LogP contribution in [0.3, 0.4) is 0 Å². The Morgan fingerprint density at radius 1 is 0.972 bits per heavy atom. The first-order valence-electron chi connectivity index (χ1n) is 25.4. The van der Waals surface area contributed by atoms with E-state index >= 15 is 0 Å². The van der Waals surface area contributed by atoms with Crippen LogP contribution in [0.4, 0.5) is 0 Å². The fourth-order valence-electron chi connectivity index (χ4n) is 11.2. The van der Waals surface area contributed by atoms with Crippen molar-refractivity contribution in [3.8, 4) is 52.4 Å². The molecule has 4 aliphatic heterocycles. The molecule has 2 aliphatic carbocycles. The van der Waals surface area contributed by atoms with Crippen LogP contribution in [0.25, 0.3) is 0 Å². The first-order valence-corrected chi connectivity index (χ1v) is 27.9. The third-order valence-electron chi connectivity index (χ3n) is 15.1. The number of phenols is 2. The zero-order valence-corrected chi connectivity index (χ0v) is 43.3. The molecule has 6 bridgehead atoms. The molecule has 0 aromatic heterocycles. The minimum Gasteiger partial charge on any atom is -0.508 e. The minimum atomic E-state index is -1.22. The summed E-state index contributed by atoms with van der Waals surface area (Å²) >= 11 is 0. The van der Waals surface area contributed by atoms with Gasteiger partial charge in [0.2, 0.25) is 6.29 Å². The summed E-state index contributed by atoms with van der Waals surface area (Å²) in [6.45, 7) is 5.06. The second-order valence-electron chi connectivity index (χ2n) is 20.4. The highest BCUT2D eigenvalue weighted by atomic mass is 33.1. The van der Waals surface area contributed by atoms with Crippen LogP contribution in [0.15, 0.2) is 41.4 Å². The first kappa shape index (κ1) is 52.6. The zero-order chi connectivity index (χ0) is 50.1. The van der Waals surface area contributed by atoms with Crippen LogP contribution in [0.1, 0.15) is 111 Å². The van der Waals surface area contributed by atoms with Gasteiger partial charge in [0.1, 0.15) is 18.3 Å². The maximum Gasteiger partial charge on any atom is 0.201 e. The number of fused-ring (bicyclic) bond motifs is 7. The van der Waals surface area contributed by atoms with E-state index < -0.39 is 29.9 Å². The standard InChI is InChI=1S/C56H72N4O9S2/c1-34(2)48-32-71-70-31-46-45-29-44-38-18-21-41(62)28-40(61)20-17-36-19-22-50(64)52(67-4)43(36)13-5-12-39(27-38)51(53(44)69-54(45)65)68-33-58-56(24-8-15-47(46)59-55(57)60-48)23-7-10-35(30-56)26-37-11-6-16-49(63)42(37)14-9-25-66-3/h6,11,16,19,22,27,34-35,41,45-48,54,58,62-65H,7,9-10,12,14,17-18,20-21,23-26,28-33H2,1-4H3,(H3,57,59,60)/t35-,41+,45-,46-,47+,48-,54+,56+/m0/s1. The SMILES string of the molecule is COCCCc1c(O)cccc1C[C@@H]1CCC[C@@]2(CC#C[C@H]3NC(N)=N[C@H](C(C)C)CSSC[C@H]3[C@@H]3Cc4c5cc(c(c4O[C@H]3O)OCN2)CC#Cc2c(ccc(O)c2OC)CCC(=O)C[C@H](O)CC5)C1. The maximum atomic E-state index is 13.3. The number of hydrogen-bond acceptors (Lipinski definition) is 15. The predicted octanol–water partition coefficient (Wildman–Crippen LogP) is 7.16. The summed E-state index contributed by atoms with van der Waals surface area (Å²) in [6.07, 6.45) is 6.59. The molecule has 3 aromatic carbocycles. The molecule has 13 nitrogen and oxygen atoms in total. The van der Waals surface area contributed by atoms with Crippen LogP contribution in [0.5, 0.6) is 28.7 Å². The molecule has 1 spiro atoms. The average molecular weight is 1010 g/mol. The van der Waals surface area contributed by atoms with E-state index in [1.165, 1.54) is 7.11 Å². The summed E-state index contributed by atoms with van der Waals surface area (Å²) in [7, 11) is 6.71. The van der Waals surface area contributed by atoms with Gasteiger partial charge in [-0.3, -0.25) is 10.1 Å². The van der Waals surface area contributed by atoms with Crippen molar-refractivity contribution in [2.75, 3.05) is 39.1 Å². The Bertz CT molecular complexity index is 2530. The highest BCUT2D eigenvalue weighted by Gasteiger charge is 2.43. The summed E-state index contributed by atoms with van der Waals surface area (Å²) in [6, 6.07) is 10.8. The van der Waals surface area contributed by atoms with Crippen molar-refractivity contribution in [1.29, 1.82) is 0 Å². The maximum absolute atomic E-state index is 13.3. The highest BCUT2D eigenvalue weighted by Crippen LogP contribution is 2.47. The summed E-state index contributed by atoms with van der Waals surface area (Å²) in [5.74, 6) is 17.0. The fourth-order valence-corrected chi connectivity index (χ4v) is 14.0. The lowest BCUT2D eigenvalue weighted by molar-refractivity contribution is -0.121. The third kappa shape index (κ3) is 12.9. The number of aliphatic imine (C=N–C) groups is 1. The van der Waals surface area contributed by atoms with E-state index in [0.717, 1.165) is 84.1 Å². The lowest BCUT2D eigenvalue weighted by atomic mass is 9.71. The number of aliphatic hydroxyl groups excluding tert-OH is 2. The number of methoxy groups -OCH3 is 2. The van der Waals surface area contributed by atoms with Crippen LogP contribution >= 0.6 is 21.6 Å². The monoisotopic (exact) mass is 1010 g/mol. The van der Waals surface area contributed by atoms with Crippen LogP contribution in [-0.4, -0.2) is 101 Å². The molecule has 1 fully saturated rings. The van der Waals surface area contributed by atoms with Gasteiger partial charge >= 0.3 is 0 Å². The van der Waals surface area contributed by atoms with E-state index in [-0.39, 0.29) is 61.2 Å². The van der Waals surface area contributed by atoms with Crippen LogP contribution in [-0.2, 0) is 48.1 Å². The van der Waals surface area contributed by atoms with Crippen molar-refractivity contribution in [2.24, 2.45) is 34.4 Å². The number of aromatic hydroxyl groups is 2. The molecule has 382 valence electrons. The molecule has 9 rings (SSSR count). The molecule has 0 saturated heterocycles. The van der Waals surface area contributed by atoms with Gasteiger partial charge in [0, 0.05) is 79.4 Å². The van der Waals surface area contributed by atoms with Gasteiger partial charge in [-0.2, -0.15) is 0 Å². The number of Topliss-reactive ketones (excluding diaryl/α,β-unsaturated/α-hetero) is 1. The van der Waals surface area contributed by atoms with Gasteiger partial charge in [-0.25, -0.2) is 4.99 Å². The molecule has 0 radical (unpaired) electrons. The lowest BCUT2D eigenvalue weighted by Crippen LogP contribution is -2.52. The Kier molecular flexibility index (Phi) is 18.0. The molecule has 1 saturated carbocycles. The Morgan fingerprint density at radius 3 is 2.63 bits per heavy atom. The third-order valence-corrected chi connectivity index (χ3v) is 17.6. The average Bonchev–Trinajstić information content (AvgIpc) is 3.34. The number of carbonyl (C=O) groups is 1. The van der Waals surface area contributed by atoms with Gasteiger partial charge < -0.3 is 50.4 Å². The zero-order valence-electron chi connectivity index (χ0n) is 41.7. The number of aliphatic hydroxyl groups is 2. The second kappa shape index (κ2) is 24.3. The number of phenolic OH excluding ortho intramolecular Hbond substituents is 2. The molecule has 4 heterocycles. The summed E-state index contributed by atoms with van der Waals surface area (Å²) in [5.41, 5.74) is 12.3. The number of aryl methyl sites for hydroxylation is 2. The number of ether oxygens (including phenoxy) is 4. The van der Waals surface area contributed by atoms with Gasteiger partial charge in [0.25, 0.3) is 0 Å². The van der Waals surface area contributed by atoms with E-state index in [2.05, 4.69) is 60.3 Å². The summed E-state index contributed by atoms with van der Waals surface area (Å²) in [5, 5.41) is 52.9. The van der Waals surface area contributed by atoms with Crippen molar-refractivity contribution < 1.29 is 44.2 Å². The normalized spacial score (nSPS) is 27.2. The van der Waals surface area contributed by atoms with E-state index in [1.807, 2.05) is 6.07 Å². The molecule has 6 aliphatic rings. The molecule has 0 unspecified atom stereocenters. The molecule has 8 atom stereocenters. The number of nitrogens with one attached hydrogen (secondary N) is 2. The Hall–Kier alpha value is -4.74. The number of nitrogens with zero attached hydrogens (tertiary/aromatic N) is 1. The number of rotatable bonds is 8. The van der Waals surface area contributed by atoms with E-state index in [1.54, 1.807) is 46.9 Å². The number of nitrogens with two attached hydrogens (primary N) is 1. The second-order valence-corrected chi connectivity index (χ2v) is 22.9. The topological polar surface area (TPSA) is 197 Å². The lowest BCUT2D eigenvalue weighted by Gasteiger charge is -2.42. The molecule has 0 amide bonds. The van der Waals surface area contributed by atoms with Gasteiger partial charge in [0.15, 0.2) is 29.0 Å². The molecule has 15 heteroatoms. The Labute approximate surface area is 427 Å². The largest absolute Gasteiger partial charge is 0.508 e. The van der Waals surface area contributed by atoms with Gasteiger partial charge in [-0.1, -0.05) is 89.8 Å². The predicted molar refractivity (Wildman–Crippen MR) is 281 cm³/mol. The number of ketones is 1. The number of carbonyl (C=O) groups excluding carboxylic acids is 1. The molecule has 8 N–H and O–H groups in total. The summed E-state index contributed by atoms with van der Waals surface area (Å²) < 4.78 is 24.7. The quantitative estimate of drug-likeness (QED) is 0.0682. The number of guanidine groups is 1. The molecule has 71 heavy (non-hydrogen) atoms. The molecular weight excluding hydrogens is 937 g/mol. The Balaban J connectivity index is 1.22. The summed E-state index contributed by atoms with van der Waals surface area (Å²) in [4.78, 5) is 18.3. The van der Waals surface area contributed by atoms with Crippen LogP contribution in [0, 0.1) is 47.4 Å². The van der Waals surface area contributed by atoms with Crippen molar-refractivity contribution in [3.05, 3.63) is 75.3 Å². The van der Waals surface area contributed by atoms with Gasteiger partial charge in [-0.15, -0.1) is 0 Å². The van der Waals surface area contributed by atoms with Crippen molar-refractivity contribution in [2.45, 2.75) is 140 Å². The van der Waals surface area contributed by atoms with Crippen LogP contribution in [0.2, 0.25) is 0 Å². The molecular formula is C56H72N4O9S2. The van der Waals surface area contributed by atoms with Gasteiger partial charge in [0.05, 0.1) is 30.9 Å². The Morgan fingerprint density at radius 2 is 1.82 bits per heavy atom. The van der Waals surface area contributed by atoms with E-state index in [4.69, 9.17) is 29.7 Å². The van der Waals surface area contributed by atoms with E-state index in [0.29, 0.717) is 79.2 Å². The van der Waals surface area contributed by atoms with E-state index in [9.17, 15) is 25.2 Å². The smallest absolute Gasteiger partial charge is 0.201 e. The fraction of sp³-hybridized carbons (Fsp3) is 0.571. The number of hydrogen-bond donors (Lipinski definition) is 7. The first-order chi connectivity index (χ1) is 34.3. The van der Waals surface area contributed by atoms with Crippen LogP contribution < -0.4 is 30.6 Å². The minimum absolute atomic E-state index is 0.00554.